The van der Waals surface area contributed by atoms with Gasteiger partial charge < -0.3 is 15.5 Å². The van der Waals surface area contributed by atoms with Gasteiger partial charge in [0.25, 0.3) is 0 Å². The molecule has 2 saturated heterocycles. The van der Waals surface area contributed by atoms with Gasteiger partial charge in [-0.05, 0) is 34.8 Å². The first-order valence-electron chi connectivity index (χ1n) is 6.53. The number of anilines is 2. The third-order valence-corrected chi connectivity index (χ3v) is 5.03. The molecule has 19 heavy (non-hydrogen) atoms. The second-order valence-corrected chi connectivity index (χ2v) is 5.99. The number of nitrogen functional groups attached to an aromatic ring is 1. The molecule has 1 unspecified atom stereocenters. The van der Waals surface area contributed by atoms with Crippen molar-refractivity contribution in [1.29, 1.82) is 0 Å². The number of aromatic nitrogens is 1. The van der Waals surface area contributed by atoms with Crippen molar-refractivity contribution in [2.24, 2.45) is 0 Å². The number of nitrogens with two attached hydrogens (primary N) is 1. The van der Waals surface area contributed by atoms with Crippen LogP contribution in [0, 0.1) is 6.92 Å². The summed E-state index contributed by atoms with van der Waals surface area (Å²) in [6.07, 6.45) is 3.36. The van der Waals surface area contributed by atoms with Crippen molar-refractivity contribution in [3.05, 3.63) is 16.2 Å². The fraction of sp³-hybridized carbons (Fsp3) is 0.538. The van der Waals surface area contributed by atoms with E-state index in [0.717, 1.165) is 41.9 Å². The number of halogens is 1. The van der Waals surface area contributed by atoms with Gasteiger partial charge >= 0.3 is 0 Å². The molecule has 0 saturated carbocycles. The van der Waals surface area contributed by atoms with E-state index >= 15 is 0 Å². The number of piperazine rings is 1. The first-order chi connectivity index (χ1) is 9.08. The van der Waals surface area contributed by atoms with Crippen molar-refractivity contribution >= 4 is 33.3 Å². The van der Waals surface area contributed by atoms with E-state index in [4.69, 9.17) is 5.73 Å². The zero-order chi connectivity index (χ0) is 13.6. The Hall–Kier alpha value is -1.30. The van der Waals surface area contributed by atoms with E-state index in [1.165, 1.54) is 0 Å². The molecule has 0 spiro atoms. The lowest BCUT2D eigenvalue weighted by Crippen LogP contribution is -2.51. The number of rotatable bonds is 1. The minimum atomic E-state index is 0.296. The number of carbonyl (C=O) groups excluding carboxylic acids is 1. The average Bonchev–Trinajstić information content (AvgIpc) is 2.77. The van der Waals surface area contributed by atoms with Crippen LogP contribution < -0.4 is 10.6 Å². The monoisotopic (exact) mass is 324 g/mol. The Bertz CT molecular complexity index is 534. The van der Waals surface area contributed by atoms with Crippen molar-refractivity contribution in [3.63, 3.8) is 0 Å². The SMILES string of the molecule is Cc1c(N)cnc(N2CCN3C(=O)CCC3C2)c1Br. The second kappa shape index (κ2) is 4.67. The van der Waals surface area contributed by atoms with Gasteiger partial charge in [0.05, 0.1) is 16.4 Å². The maximum Gasteiger partial charge on any atom is 0.223 e. The van der Waals surface area contributed by atoms with Crippen molar-refractivity contribution in [2.45, 2.75) is 25.8 Å². The van der Waals surface area contributed by atoms with E-state index in [1.54, 1.807) is 6.20 Å². The maximum absolute atomic E-state index is 11.7. The van der Waals surface area contributed by atoms with E-state index in [-0.39, 0.29) is 0 Å². The highest BCUT2D eigenvalue weighted by Crippen LogP contribution is 2.33. The largest absolute Gasteiger partial charge is 0.397 e. The molecule has 3 rings (SSSR count). The van der Waals surface area contributed by atoms with Crippen LogP contribution >= 0.6 is 15.9 Å². The summed E-state index contributed by atoms with van der Waals surface area (Å²) in [7, 11) is 0. The molecule has 0 aliphatic carbocycles. The van der Waals surface area contributed by atoms with Crippen molar-refractivity contribution < 1.29 is 4.79 Å². The molecule has 0 aromatic carbocycles. The summed E-state index contributed by atoms with van der Waals surface area (Å²) in [5, 5.41) is 0. The summed E-state index contributed by atoms with van der Waals surface area (Å²) >= 11 is 3.59. The van der Waals surface area contributed by atoms with Gasteiger partial charge in [-0.15, -0.1) is 0 Å². The van der Waals surface area contributed by atoms with Crippen molar-refractivity contribution in [2.75, 3.05) is 30.3 Å². The number of pyridine rings is 1. The van der Waals surface area contributed by atoms with E-state index in [1.807, 2.05) is 11.8 Å². The summed E-state index contributed by atoms with van der Waals surface area (Å²) in [4.78, 5) is 20.4. The van der Waals surface area contributed by atoms with Gasteiger partial charge in [-0.3, -0.25) is 4.79 Å². The minimum absolute atomic E-state index is 0.296. The fourth-order valence-corrected chi connectivity index (χ4v) is 3.44. The van der Waals surface area contributed by atoms with E-state index in [9.17, 15) is 4.79 Å². The van der Waals surface area contributed by atoms with E-state index in [2.05, 4.69) is 25.8 Å². The standard InChI is InChI=1S/C13H17BrN4O/c1-8-10(15)6-16-13(12(8)14)17-4-5-18-9(7-17)2-3-11(18)19/h6,9H,2-5,7,15H2,1H3. The number of hydrogen-bond donors (Lipinski definition) is 1. The quantitative estimate of drug-likeness (QED) is 0.851. The van der Waals surface area contributed by atoms with Gasteiger partial charge in [-0.25, -0.2) is 4.98 Å². The lowest BCUT2D eigenvalue weighted by Gasteiger charge is -2.38. The molecule has 1 amide bonds. The molecule has 2 N–H and O–H groups in total. The second-order valence-electron chi connectivity index (χ2n) is 5.20. The Morgan fingerprint density at radius 1 is 1.47 bits per heavy atom. The molecule has 6 heteroatoms. The number of hydrogen-bond acceptors (Lipinski definition) is 4. The van der Waals surface area contributed by atoms with Gasteiger partial charge in [0.15, 0.2) is 0 Å². The summed E-state index contributed by atoms with van der Waals surface area (Å²) in [6, 6.07) is 0.341. The number of fused-ring (bicyclic) bond motifs is 1. The first-order valence-corrected chi connectivity index (χ1v) is 7.32. The Labute approximate surface area is 120 Å². The molecular formula is C13H17BrN4O. The molecule has 0 bridgehead atoms. The molecular weight excluding hydrogens is 308 g/mol. The van der Waals surface area contributed by atoms with E-state index < -0.39 is 0 Å². The zero-order valence-corrected chi connectivity index (χ0v) is 12.5. The molecule has 2 aliphatic heterocycles. The Morgan fingerprint density at radius 3 is 3.05 bits per heavy atom. The summed E-state index contributed by atoms with van der Waals surface area (Å²) in [5.41, 5.74) is 7.58. The van der Waals surface area contributed by atoms with Crippen LogP contribution in [0.25, 0.3) is 0 Å². The Balaban J connectivity index is 1.85. The number of carbonyl (C=O) groups is 1. The molecule has 2 fully saturated rings. The Kier molecular flexibility index (Phi) is 3.12. The number of nitrogens with zero attached hydrogens (tertiary/aromatic N) is 3. The molecule has 1 aromatic rings. The molecule has 2 aliphatic rings. The highest BCUT2D eigenvalue weighted by atomic mass is 79.9. The van der Waals surface area contributed by atoms with Crippen molar-refractivity contribution in [1.82, 2.24) is 9.88 Å². The molecule has 0 radical (unpaired) electrons. The summed E-state index contributed by atoms with van der Waals surface area (Å²) in [5.74, 6) is 1.23. The smallest absolute Gasteiger partial charge is 0.223 e. The van der Waals surface area contributed by atoms with Crippen LogP contribution in [0.3, 0.4) is 0 Å². The van der Waals surface area contributed by atoms with Gasteiger partial charge in [0.2, 0.25) is 5.91 Å². The molecule has 1 aromatic heterocycles. The molecule has 5 nitrogen and oxygen atoms in total. The van der Waals surface area contributed by atoms with Gasteiger partial charge in [-0.2, -0.15) is 0 Å². The van der Waals surface area contributed by atoms with Gasteiger partial charge in [0.1, 0.15) is 5.82 Å². The minimum Gasteiger partial charge on any atom is -0.397 e. The van der Waals surface area contributed by atoms with Crippen LogP contribution in [0.4, 0.5) is 11.5 Å². The summed E-state index contributed by atoms with van der Waals surface area (Å²) in [6.45, 7) is 4.47. The maximum atomic E-state index is 11.7. The van der Waals surface area contributed by atoms with Crippen LogP contribution in [0.15, 0.2) is 10.7 Å². The van der Waals surface area contributed by atoms with Crippen LogP contribution in [0.1, 0.15) is 18.4 Å². The molecule has 102 valence electrons. The summed E-state index contributed by atoms with van der Waals surface area (Å²) < 4.78 is 0.963. The van der Waals surface area contributed by atoms with Crippen LogP contribution in [0.2, 0.25) is 0 Å². The highest BCUT2D eigenvalue weighted by Gasteiger charge is 2.36. The van der Waals surface area contributed by atoms with Gasteiger partial charge in [0, 0.05) is 32.1 Å². The number of amides is 1. The predicted molar refractivity (Wildman–Crippen MR) is 78.0 cm³/mol. The Morgan fingerprint density at radius 2 is 2.26 bits per heavy atom. The third kappa shape index (κ3) is 2.08. The van der Waals surface area contributed by atoms with Crippen molar-refractivity contribution in [3.8, 4) is 0 Å². The van der Waals surface area contributed by atoms with Crippen LogP contribution in [-0.2, 0) is 4.79 Å². The first kappa shape index (κ1) is 12.7. The fourth-order valence-electron chi connectivity index (χ4n) is 2.86. The topological polar surface area (TPSA) is 62.5 Å². The highest BCUT2D eigenvalue weighted by molar-refractivity contribution is 9.10. The predicted octanol–water partition coefficient (Wildman–Crippen LogP) is 1.55. The lowest BCUT2D eigenvalue weighted by molar-refractivity contribution is -0.129. The van der Waals surface area contributed by atoms with E-state index in [0.29, 0.717) is 24.1 Å². The van der Waals surface area contributed by atoms with Crippen LogP contribution in [-0.4, -0.2) is 41.5 Å². The van der Waals surface area contributed by atoms with Gasteiger partial charge in [-0.1, -0.05) is 0 Å². The zero-order valence-electron chi connectivity index (χ0n) is 10.9. The normalized spacial score (nSPS) is 22.8. The molecule has 1 atom stereocenters. The average molecular weight is 325 g/mol. The lowest BCUT2D eigenvalue weighted by atomic mass is 10.1. The molecule has 3 heterocycles. The van der Waals surface area contributed by atoms with Crippen LogP contribution in [0.5, 0.6) is 0 Å². The third-order valence-electron chi connectivity index (χ3n) is 4.08.